The molecule has 2 N–H and O–H groups in total. The van der Waals surface area contributed by atoms with Gasteiger partial charge in [0.25, 0.3) is 0 Å². The minimum atomic E-state index is -5.98. The van der Waals surface area contributed by atoms with Gasteiger partial charge >= 0.3 is 27.7 Å². The van der Waals surface area contributed by atoms with E-state index in [0.29, 0.717) is 4.90 Å². The second-order valence-electron chi connectivity index (χ2n) is 4.79. The number of piperidine rings is 1. The van der Waals surface area contributed by atoms with Crippen LogP contribution in [0.15, 0.2) is 0 Å². The van der Waals surface area contributed by atoms with E-state index >= 15 is 0 Å². The number of carboxylic acid groups (broad SMARTS) is 2. The Labute approximate surface area is 123 Å². The topological polar surface area (TPSA) is 121 Å². The van der Waals surface area contributed by atoms with Crippen LogP contribution in [0.25, 0.3) is 0 Å². The van der Waals surface area contributed by atoms with E-state index in [2.05, 4.69) is 4.18 Å². The molecule has 0 aromatic heterocycles. The van der Waals surface area contributed by atoms with Gasteiger partial charge in [-0.05, 0) is 12.8 Å². The van der Waals surface area contributed by atoms with Crippen LogP contribution in [0.3, 0.4) is 0 Å². The number of aliphatic carboxylic acids is 1. The first-order chi connectivity index (χ1) is 9.87. The summed E-state index contributed by atoms with van der Waals surface area (Å²) in [6.07, 6.45) is -4.04. The molecule has 0 aromatic rings. The molecule has 1 aliphatic rings. The molecule has 22 heavy (non-hydrogen) atoms. The lowest BCUT2D eigenvalue weighted by Gasteiger charge is -2.43. The molecule has 12 heteroatoms. The van der Waals surface area contributed by atoms with Crippen LogP contribution in [0.1, 0.15) is 19.8 Å². The molecule has 1 aliphatic heterocycles. The van der Waals surface area contributed by atoms with Crippen molar-refractivity contribution in [3.05, 3.63) is 0 Å². The summed E-state index contributed by atoms with van der Waals surface area (Å²) in [7, 11) is -5.98. The second kappa shape index (κ2) is 5.91. The Bertz CT molecular complexity index is 561. The highest BCUT2D eigenvalue weighted by Gasteiger charge is 2.56. The highest BCUT2D eigenvalue weighted by molar-refractivity contribution is 7.87. The third-order valence-electron chi connectivity index (χ3n) is 3.60. The van der Waals surface area contributed by atoms with E-state index in [9.17, 15) is 36.3 Å². The predicted molar refractivity (Wildman–Crippen MR) is 64.4 cm³/mol. The number of nitrogens with zero attached hydrogens (tertiary/aromatic N) is 1. The molecule has 0 bridgehead atoms. The van der Waals surface area contributed by atoms with Crippen LogP contribution in [-0.4, -0.2) is 60.3 Å². The van der Waals surface area contributed by atoms with Crippen molar-refractivity contribution in [1.29, 1.82) is 0 Å². The number of amides is 1. The summed E-state index contributed by atoms with van der Waals surface area (Å²) >= 11 is 0. The predicted octanol–water partition coefficient (Wildman–Crippen LogP) is 1.09. The van der Waals surface area contributed by atoms with Gasteiger partial charge in [0.1, 0.15) is 5.41 Å². The van der Waals surface area contributed by atoms with Crippen molar-refractivity contribution >= 4 is 22.2 Å². The number of halogens is 3. The zero-order valence-electron chi connectivity index (χ0n) is 11.3. The molecule has 2 atom stereocenters. The average molecular weight is 349 g/mol. The maximum absolute atomic E-state index is 12.4. The average Bonchev–Trinajstić information content (AvgIpc) is 2.36. The molecule has 1 rings (SSSR count). The van der Waals surface area contributed by atoms with E-state index in [1.165, 1.54) is 6.92 Å². The summed E-state index contributed by atoms with van der Waals surface area (Å²) in [4.78, 5) is 23.1. The van der Waals surface area contributed by atoms with Crippen LogP contribution in [0.4, 0.5) is 18.0 Å². The minimum absolute atomic E-state index is 0.301. The fraction of sp³-hybridized carbons (Fsp3) is 0.800. The Hall–Kier alpha value is -1.56. The Morgan fingerprint density at radius 2 is 1.91 bits per heavy atom. The first-order valence-electron chi connectivity index (χ1n) is 6.08. The van der Waals surface area contributed by atoms with Gasteiger partial charge in [-0.25, -0.2) is 4.79 Å². The van der Waals surface area contributed by atoms with Gasteiger partial charge in [0.2, 0.25) is 0 Å². The van der Waals surface area contributed by atoms with Crippen LogP contribution in [0.5, 0.6) is 0 Å². The van der Waals surface area contributed by atoms with Crippen LogP contribution in [-0.2, 0) is 19.1 Å². The SMILES string of the molecule is CCC1(C(=O)O)CN(C(=O)O)CCC1OS(=O)(=O)C(F)(F)F. The summed E-state index contributed by atoms with van der Waals surface area (Å²) < 4.78 is 63.4. The highest BCUT2D eigenvalue weighted by atomic mass is 32.2. The fourth-order valence-corrected chi connectivity index (χ4v) is 2.97. The standard InChI is InChI=1S/C10H14F3NO7S/c1-2-9(7(15)16)5-14(8(17)18)4-3-6(9)21-22(19,20)10(11,12)13/h6H,2-5H2,1H3,(H,15,16)(H,17,18). The summed E-state index contributed by atoms with van der Waals surface area (Å²) in [6, 6.07) is 0. The molecule has 0 aromatic carbocycles. The Morgan fingerprint density at radius 1 is 1.36 bits per heavy atom. The fourth-order valence-electron chi connectivity index (χ4n) is 2.28. The van der Waals surface area contributed by atoms with E-state index in [1.807, 2.05) is 0 Å². The molecular formula is C10H14F3NO7S. The molecule has 2 unspecified atom stereocenters. The maximum atomic E-state index is 12.4. The number of hydrogen-bond acceptors (Lipinski definition) is 5. The van der Waals surface area contributed by atoms with Gasteiger partial charge < -0.3 is 15.1 Å². The molecule has 8 nitrogen and oxygen atoms in total. The largest absolute Gasteiger partial charge is 0.523 e. The van der Waals surface area contributed by atoms with Gasteiger partial charge in [-0.1, -0.05) is 6.92 Å². The zero-order valence-corrected chi connectivity index (χ0v) is 12.1. The number of likely N-dealkylation sites (tertiary alicyclic amines) is 1. The molecule has 0 saturated carbocycles. The van der Waals surface area contributed by atoms with Crippen molar-refractivity contribution in [1.82, 2.24) is 4.90 Å². The molecule has 128 valence electrons. The smallest absolute Gasteiger partial charge is 0.481 e. The Balaban J connectivity index is 3.18. The lowest BCUT2D eigenvalue weighted by atomic mass is 9.75. The molecular weight excluding hydrogens is 335 g/mol. The molecule has 1 amide bonds. The molecule has 0 spiro atoms. The second-order valence-corrected chi connectivity index (χ2v) is 6.36. The van der Waals surface area contributed by atoms with E-state index < -0.39 is 52.2 Å². The van der Waals surface area contributed by atoms with Crippen LogP contribution < -0.4 is 0 Å². The summed E-state index contributed by atoms with van der Waals surface area (Å²) in [5, 5.41) is 18.2. The van der Waals surface area contributed by atoms with Gasteiger partial charge in [-0.2, -0.15) is 21.6 Å². The Morgan fingerprint density at radius 3 is 2.27 bits per heavy atom. The molecule has 1 saturated heterocycles. The summed E-state index contributed by atoms with van der Waals surface area (Å²) in [6.45, 7) is 0.310. The molecule has 1 heterocycles. The molecule has 1 fully saturated rings. The van der Waals surface area contributed by atoms with Crippen molar-refractivity contribution in [2.45, 2.75) is 31.4 Å². The third-order valence-corrected chi connectivity index (χ3v) is 4.66. The van der Waals surface area contributed by atoms with Gasteiger partial charge in [0.05, 0.1) is 6.10 Å². The first-order valence-corrected chi connectivity index (χ1v) is 7.49. The van der Waals surface area contributed by atoms with Crippen molar-refractivity contribution in [2.75, 3.05) is 13.1 Å². The van der Waals surface area contributed by atoms with Crippen LogP contribution >= 0.6 is 0 Å². The van der Waals surface area contributed by atoms with Crippen LogP contribution in [0, 0.1) is 5.41 Å². The molecule has 0 aliphatic carbocycles. The van der Waals surface area contributed by atoms with Gasteiger partial charge in [0, 0.05) is 13.1 Å². The van der Waals surface area contributed by atoms with E-state index in [4.69, 9.17) is 5.11 Å². The van der Waals surface area contributed by atoms with E-state index in [-0.39, 0.29) is 13.0 Å². The van der Waals surface area contributed by atoms with Gasteiger partial charge in [-0.15, -0.1) is 0 Å². The van der Waals surface area contributed by atoms with E-state index in [0.717, 1.165) is 0 Å². The lowest BCUT2D eigenvalue weighted by Crippen LogP contribution is -2.58. The highest BCUT2D eigenvalue weighted by Crippen LogP contribution is 2.39. The van der Waals surface area contributed by atoms with E-state index in [1.54, 1.807) is 0 Å². The quantitative estimate of drug-likeness (QED) is 0.575. The van der Waals surface area contributed by atoms with Crippen molar-refractivity contribution < 1.29 is 45.6 Å². The monoisotopic (exact) mass is 349 g/mol. The lowest BCUT2D eigenvalue weighted by molar-refractivity contribution is -0.161. The maximum Gasteiger partial charge on any atom is 0.523 e. The normalized spacial score (nSPS) is 26.7. The third kappa shape index (κ3) is 3.27. The number of hydrogen-bond donors (Lipinski definition) is 2. The van der Waals surface area contributed by atoms with Crippen molar-refractivity contribution in [3.8, 4) is 0 Å². The molecule has 0 radical (unpaired) electrons. The minimum Gasteiger partial charge on any atom is -0.481 e. The number of carbonyl (C=O) groups is 2. The van der Waals surface area contributed by atoms with Gasteiger partial charge in [-0.3, -0.25) is 8.98 Å². The van der Waals surface area contributed by atoms with Gasteiger partial charge in [0.15, 0.2) is 0 Å². The zero-order chi connectivity index (χ0) is 17.3. The van der Waals surface area contributed by atoms with Crippen molar-refractivity contribution in [3.63, 3.8) is 0 Å². The van der Waals surface area contributed by atoms with Crippen LogP contribution in [0.2, 0.25) is 0 Å². The number of carboxylic acids is 1. The summed E-state index contributed by atoms with van der Waals surface area (Å²) in [5.41, 5.74) is -7.76. The first kappa shape index (κ1) is 18.5. The Kier molecular flexibility index (Phi) is 4.97. The number of rotatable bonds is 4. The summed E-state index contributed by atoms with van der Waals surface area (Å²) in [5.74, 6) is -1.62. The van der Waals surface area contributed by atoms with Crippen molar-refractivity contribution in [2.24, 2.45) is 5.41 Å². The number of alkyl halides is 3.